The molecule has 0 saturated carbocycles. The van der Waals surface area contributed by atoms with E-state index in [2.05, 4.69) is 47.0 Å². The van der Waals surface area contributed by atoms with E-state index in [0.29, 0.717) is 23.3 Å². The first-order valence-corrected chi connectivity index (χ1v) is 9.57. The van der Waals surface area contributed by atoms with E-state index in [4.69, 9.17) is 10.2 Å². The van der Waals surface area contributed by atoms with Gasteiger partial charge < -0.3 is 15.1 Å². The van der Waals surface area contributed by atoms with Crippen molar-refractivity contribution in [3.05, 3.63) is 48.5 Å². The second-order valence-corrected chi connectivity index (χ2v) is 6.98. The number of pyridine rings is 1. The highest BCUT2D eigenvalue weighted by Crippen LogP contribution is 2.19. The maximum absolute atomic E-state index is 6.13. The second-order valence-electron chi connectivity index (χ2n) is 6.98. The fraction of sp³-hybridized carbons (Fsp3) is 0.316. The Hall–Kier alpha value is -3.53. The standard InChI is InChI=1S/C19H21N9O/c20-17-23-18(24-19-22-16(25-28(17)19)15-3-1-12-29-15)27-9-2-8-26(10-11-27)13-14-4-6-21-7-5-14/h1,3-7,12H,2,8-11,13H2,(H2,20,22,23,24,25). The summed E-state index contributed by atoms with van der Waals surface area (Å²) in [5, 5.41) is 4.35. The summed E-state index contributed by atoms with van der Waals surface area (Å²) < 4.78 is 6.80. The Morgan fingerprint density at radius 2 is 1.90 bits per heavy atom. The van der Waals surface area contributed by atoms with Gasteiger partial charge in [0.2, 0.25) is 17.7 Å². The van der Waals surface area contributed by atoms with Crippen LogP contribution in [0, 0.1) is 0 Å². The number of nitrogen functional groups attached to an aromatic ring is 1. The summed E-state index contributed by atoms with van der Waals surface area (Å²) in [7, 11) is 0. The van der Waals surface area contributed by atoms with Crippen LogP contribution in [0.5, 0.6) is 0 Å². The topological polar surface area (TPSA) is 114 Å². The molecule has 1 saturated heterocycles. The van der Waals surface area contributed by atoms with Crippen LogP contribution < -0.4 is 10.6 Å². The van der Waals surface area contributed by atoms with Crippen LogP contribution in [-0.4, -0.2) is 60.6 Å². The van der Waals surface area contributed by atoms with Crippen molar-refractivity contribution >= 4 is 17.7 Å². The zero-order valence-corrected chi connectivity index (χ0v) is 15.8. The number of fused-ring (bicyclic) bond motifs is 1. The van der Waals surface area contributed by atoms with Crippen LogP contribution in [0.1, 0.15) is 12.0 Å². The maximum Gasteiger partial charge on any atom is 0.259 e. The van der Waals surface area contributed by atoms with E-state index >= 15 is 0 Å². The maximum atomic E-state index is 6.13. The number of nitrogens with two attached hydrogens (primary N) is 1. The third-order valence-corrected chi connectivity index (χ3v) is 4.99. The summed E-state index contributed by atoms with van der Waals surface area (Å²) in [6, 6.07) is 7.70. The third-order valence-electron chi connectivity index (χ3n) is 4.99. The molecule has 148 valence electrons. The molecule has 1 aliphatic heterocycles. The van der Waals surface area contributed by atoms with Gasteiger partial charge in [-0.3, -0.25) is 9.88 Å². The van der Waals surface area contributed by atoms with Gasteiger partial charge in [0.15, 0.2) is 5.76 Å². The molecule has 29 heavy (non-hydrogen) atoms. The molecule has 0 radical (unpaired) electrons. The van der Waals surface area contributed by atoms with Crippen LogP contribution in [0.2, 0.25) is 0 Å². The van der Waals surface area contributed by atoms with E-state index in [1.807, 2.05) is 12.4 Å². The number of anilines is 2. The first-order valence-electron chi connectivity index (χ1n) is 9.57. The monoisotopic (exact) mass is 391 g/mol. The molecule has 10 heteroatoms. The van der Waals surface area contributed by atoms with Gasteiger partial charge in [0.1, 0.15) is 0 Å². The number of hydrogen-bond donors (Lipinski definition) is 1. The van der Waals surface area contributed by atoms with Crippen molar-refractivity contribution in [1.82, 2.24) is 34.4 Å². The molecule has 1 aliphatic rings. The van der Waals surface area contributed by atoms with E-state index in [0.717, 1.165) is 39.1 Å². The fourth-order valence-corrected chi connectivity index (χ4v) is 3.52. The Kier molecular flexibility index (Phi) is 4.53. The smallest absolute Gasteiger partial charge is 0.259 e. The normalized spacial score (nSPS) is 15.7. The molecule has 5 rings (SSSR count). The van der Waals surface area contributed by atoms with Crippen molar-refractivity contribution < 1.29 is 4.42 Å². The van der Waals surface area contributed by atoms with Crippen LogP contribution in [0.15, 0.2) is 47.3 Å². The molecule has 4 aromatic rings. The SMILES string of the molecule is Nc1nc(N2CCCN(Cc3ccncc3)CC2)nc2nc(-c3ccco3)nn12. The van der Waals surface area contributed by atoms with Crippen LogP contribution in [0.3, 0.4) is 0 Å². The molecule has 10 nitrogen and oxygen atoms in total. The molecule has 0 atom stereocenters. The Morgan fingerprint density at radius 1 is 1.00 bits per heavy atom. The summed E-state index contributed by atoms with van der Waals surface area (Å²) in [6.45, 7) is 4.53. The second kappa shape index (κ2) is 7.47. The average Bonchev–Trinajstić information content (AvgIpc) is 3.35. The highest BCUT2D eigenvalue weighted by Gasteiger charge is 2.20. The first kappa shape index (κ1) is 17.6. The van der Waals surface area contributed by atoms with E-state index in [1.54, 1.807) is 18.4 Å². The summed E-state index contributed by atoms with van der Waals surface area (Å²) in [6.07, 6.45) is 6.27. The first-order chi connectivity index (χ1) is 14.3. The molecule has 0 aliphatic carbocycles. The van der Waals surface area contributed by atoms with E-state index in [9.17, 15) is 0 Å². The number of aromatic nitrogens is 6. The average molecular weight is 391 g/mol. The van der Waals surface area contributed by atoms with Gasteiger partial charge in [-0.1, -0.05) is 0 Å². The number of rotatable bonds is 4. The number of furan rings is 1. The predicted octanol–water partition coefficient (Wildman–Crippen LogP) is 1.47. The largest absolute Gasteiger partial charge is 0.461 e. The lowest BCUT2D eigenvalue weighted by Crippen LogP contribution is -2.32. The molecule has 0 spiro atoms. The Morgan fingerprint density at radius 3 is 2.72 bits per heavy atom. The molecule has 1 fully saturated rings. The number of hydrogen-bond acceptors (Lipinski definition) is 9. The number of nitrogens with zero attached hydrogens (tertiary/aromatic N) is 8. The van der Waals surface area contributed by atoms with Crippen molar-refractivity contribution in [2.24, 2.45) is 0 Å². The molecule has 0 aromatic carbocycles. The lowest BCUT2D eigenvalue weighted by atomic mass is 10.2. The minimum Gasteiger partial charge on any atom is -0.461 e. The van der Waals surface area contributed by atoms with Crippen molar-refractivity contribution in [2.75, 3.05) is 36.8 Å². The van der Waals surface area contributed by atoms with Gasteiger partial charge in [-0.25, -0.2) is 0 Å². The van der Waals surface area contributed by atoms with Crippen molar-refractivity contribution in [3.8, 4) is 11.6 Å². The Labute approximate surface area is 167 Å². The summed E-state index contributed by atoms with van der Waals surface area (Å²) in [5.41, 5.74) is 7.40. The quantitative estimate of drug-likeness (QED) is 0.552. The zero-order chi connectivity index (χ0) is 19.6. The van der Waals surface area contributed by atoms with Gasteiger partial charge in [-0.05, 0) is 36.2 Å². The van der Waals surface area contributed by atoms with Gasteiger partial charge in [-0.2, -0.15) is 19.5 Å². The Bertz CT molecular complexity index is 1090. The van der Waals surface area contributed by atoms with Gasteiger partial charge >= 0.3 is 0 Å². The molecular weight excluding hydrogens is 370 g/mol. The minimum absolute atomic E-state index is 0.258. The van der Waals surface area contributed by atoms with Crippen molar-refractivity contribution in [3.63, 3.8) is 0 Å². The zero-order valence-electron chi connectivity index (χ0n) is 15.8. The van der Waals surface area contributed by atoms with E-state index in [1.165, 1.54) is 10.1 Å². The molecule has 0 unspecified atom stereocenters. The van der Waals surface area contributed by atoms with Crippen LogP contribution in [0.25, 0.3) is 17.4 Å². The summed E-state index contributed by atoms with van der Waals surface area (Å²) in [5.74, 6) is 2.26. The molecule has 0 bridgehead atoms. The molecular formula is C19H21N9O. The van der Waals surface area contributed by atoms with E-state index < -0.39 is 0 Å². The predicted molar refractivity (Wildman–Crippen MR) is 107 cm³/mol. The van der Waals surface area contributed by atoms with E-state index in [-0.39, 0.29) is 5.95 Å². The lowest BCUT2D eigenvalue weighted by molar-refractivity contribution is 0.285. The fourth-order valence-electron chi connectivity index (χ4n) is 3.52. The summed E-state index contributed by atoms with van der Waals surface area (Å²) in [4.78, 5) is 22.2. The molecule has 5 heterocycles. The Balaban J connectivity index is 1.35. The highest BCUT2D eigenvalue weighted by molar-refractivity contribution is 5.53. The molecule has 2 N–H and O–H groups in total. The molecule has 0 amide bonds. The van der Waals surface area contributed by atoms with Gasteiger partial charge in [0, 0.05) is 45.1 Å². The molecule has 4 aromatic heterocycles. The van der Waals surface area contributed by atoms with Gasteiger partial charge in [-0.15, -0.1) is 5.10 Å². The lowest BCUT2D eigenvalue weighted by Gasteiger charge is -2.22. The third kappa shape index (κ3) is 3.61. The van der Waals surface area contributed by atoms with Crippen LogP contribution >= 0.6 is 0 Å². The van der Waals surface area contributed by atoms with Gasteiger partial charge in [0.05, 0.1) is 6.26 Å². The van der Waals surface area contributed by atoms with Crippen LogP contribution in [-0.2, 0) is 6.54 Å². The highest BCUT2D eigenvalue weighted by atomic mass is 16.3. The van der Waals surface area contributed by atoms with Crippen molar-refractivity contribution in [1.29, 1.82) is 0 Å². The minimum atomic E-state index is 0.258. The van der Waals surface area contributed by atoms with Crippen molar-refractivity contribution in [2.45, 2.75) is 13.0 Å². The summed E-state index contributed by atoms with van der Waals surface area (Å²) >= 11 is 0. The van der Waals surface area contributed by atoms with Crippen LogP contribution in [0.4, 0.5) is 11.9 Å². The van der Waals surface area contributed by atoms with Gasteiger partial charge in [0.25, 0.3) is 5.78 Å².